The van der Waals surface area contributed by atoms with E-state index in [4.69, 9.17) is 0 Å². The van der Waals surface area contributed by atoms with E-state index in [9.17, 15) is 5.11 Å². The maximum Gasteiger partial charge on any atom is 0.0595 e. The van der Waals surface area contributed by atoms with Crippen LogP contribution < -0.4 is 0 Å². The zero-order valence-electron chi connectivity index (χ0n) is 8.67. The second kappa shape index (κ2) is 3.35. The average molecular weight is 171 g/mol. The third kappa shape index (κ3) is 2.76. The lowest BCUT2D eigenvalue weighted by atomic mass is 9.87. The molecule has 2 nitrogen and oxygen atoms in total. The zero-order valence-corrected chi connectivity index (χ0v) is 8.67. The van der Waals surface area contributed by atoms with Crippen LogP contribution in [-0.2, 0) is 0 Å². The summed E-state index contributed by atoms with van der Waals surface area (Å²) in [5.74, 6) is 0.715. The quantitative estimate of drug-likeness (QED) is 0.695. The summed E-state index contributed by atoms with van der Waals surface area (Å²) in [6.45, 7) is 10.6. The van der Waals surface area contributed by atoms with Crippen LogP contribution in [0.2, 0.25) is 0 Å². The van der Waals surface area contributed by atoms with E-state index in [1.54, 1.807) is 0 Å². The van der Waals surface area contributed by atoms with Gasteiger partial charge in [-0.05, 0) is 40.0 Å². The molecule has 1 rings (SSSR count). The molecule has 1 saturated heterocycles. The third-order valence-electron chi connectivity index (χ3n) is 2.50. The maximum absolute atomic E-state index is 9.56. The highest BCUT2D eigenvalue weighted by Gasteiger charge is 2.31. The summed E-state index contributed by atoms with van der Waals surface area (Å²) in [4.78, 5) is 2.44. The first kappa shape index (κ1) is 10.0. The van der Waals surface area contributed by atoms with Crippen LogP contribution in [0.15, 0.2) is 0 Å². The molecule has 1 N–H and O–H groups in total. The highest BCUT2D eigenvalue weighted by Crippen LogP contribution is 2.26. The third-order valence-corrected chi connectivity index (χ3v) is 2.50. The van der Waals surface area contributed by atoms with Crippen LogP contribution >= 0.6 is 0 Å². The predicted molar refractivity (Wildman–Crippen MR) is 51.1 cm³/mol. The Morgan fingerprint density at radius 1 is 1.42 bits per heavy atom. The number of likely N-dealkylation sites (tertiary alicyclic amines) is 1. The molecule has 0 atom stereocenters. The first-order chi connectivity index (χ1) is 5.38. The molecule has 2 heteroatoms. The van der Waals surface area contributed by atoms with Crippen molar-refractivity contribution in [2.24, 2.45) is 5.92 Å². The predicted octanol–water partition coefficient (Wildman–Crippen LogP) is 1.49. The molecule has 0 unspecified atom stereocenters. The van der Waals surface area contributed by atoms with E-state index in [0.29, 0.717) is 12.0 Å². The van der Waals surface area contributed by atoms with Gasteiger partial charge in [-0.15, -0.1) is 0 Å². The van der Waals surface area contributed by atoms with E-state index < -0.39 is 5.60 Å². The molecule has 1 heterocycles. The minimum absolute atomic E-state index is 0.478. The summed E-state index contributed by atoms with van der Waals surface area (Å²) >= 11 is 0. The summed E-state index contributed by atoms with van der Waals surface area (Å²) in [6.07, 6.45) is 0.941. The fourth-order valence-corrected chi connectivity index (χ4v) is 1.87. The highest BCUT2D eigenvalue weighted by molar-refractivity contribution is 4.85. The maximum atomic E-state index is 9.56. The summed E-state index contributed by atoms with van der Waals surface area (Å²) in [6, 6.07) is 0.669. The van der Waals surface area contributed by atoms with Crippen molar-refractivity contribution >= 4 is 0 Å². The second-order valence-electron chi connectivity index (χ2n) is 4.93. The highest BCUT2D eigenvalue weighted by atomic mass is 16.3. The van der Waals surface area contributed by atoms with E-state index in [-0.39, 0.29) is 0 Å². The van der Waals surface area contributed by atoms with E-state index >= 15 is 0 Å². The van der Waals surface area contributed by atoms with Crippen molar-refractivity contribution < 1.29 is 5.11 Å². The van der Waals surface area contributed by atoms with Crippen LogP contribution in [0, 0.1) is 5.92 Å². The van der Waals surface area contributed by atoms with Crippen molar-refractivity contribution in [2.75, 3.05) is 13.1 Å². The lowest BCUT2D eigenvalue weighted by Crippen LogP contribution is -2.51. The number of aliphatic hydroxyl groups is 1. The SMILES string of the molecule is CC(C)N1CC(CC(C)(C)O)C1. The van der Waals surface area contributed by atoms with E-state index in [2.05, 4.69) is 18.7 Å². The van der Waals surface area contributed by atoms with Gasteiger partial charge in [0.25, 0.3) is 0 Å². The number of hydrogen-bond acceptors (Lipinski definition) is 2. The Kier molecular flexibility index (Phi) is 2.79. The Bertz CT molecular complexity index is 142. The lowest BCUT2D eigenvalue weighted by Gasteiger charge is -2.44. The molecule has 0 radical (unpaired) electrons. The molecule has 0 aromatic heterocycles. The largest absolute Gasteiger partial charge is 0.390 e. The fourth-order valence-electron chi connectivity index (χ4n) is 1.87. The monoisotopic (exact) mass is 171 g/mol. The molecular formula is C10H21NO. The molecule has 0 aromatic carbocycles. The van der Waals surface area contributed by atoms with Crippen LogP contribution in [0.1, 0.15) is 34.1 Å². The van der Waals surface area contributed by atoms with Crippen LogP contribution in [0.4, 0.5) is 0 Å². The normalized spacial score (nSPS) is 21.5. The first-order valence-corrected chi connectivity index (χ1v) is 4.85. The smallest absolute Gasteiger partial charge is 0.0595 e. The molecule has 1 aliphatic heterocycles. The standard InChI is InChI=1S/C10H21NO/c1-8(2)11-6-9(7-11)5-10(3,4)12/h8-9,12H,5-7H2,1-4H3. The minimum atomic E-state index is -0.478. The number of nitrogens with zero attached hydrogens (tertiary/aromatic N) is 1. The van der Waals surface area contributed by atoms with Gasteiger partial charge in [-0.3, -0.25) is 0 Å². The second-order valence-corrected chi connectivity index (χ2v) is 4.93. The van der Waals surface area contributed by atoms with Crippen molar-refractivity contribution in [3.63, 3.8) is 0 Å². The average Bonchev–Trinajstić information content (AvgIpc) is 1.74. The van der Waals surface area contributed by atoms with Gasteiger partial charge in [0, 0.05) is 19.1 Å². The Balaban J connectivity index is 2.18. The molecule has 0 aliphatic carbocycles. The van der Waals surface area contributed by atoms with E-state index in [1.807, 2.05) is 13.8 Å². The molecule has 12 heavy (non-hydrogen) atoms. The zero-order chi connectivity index (χ0) is 9.35. The molecule has 0 spiro atoms. The Morgan fingerprint density at radius 2 is 1.92 bits per heavy atom. The molecule has 0 saturated carbocycles. The Morgan fingerprint density at radius 3 is 2.25 bits per heavy atom. The molecule has 0 amide bonds. The molecule has 1 aliphatic rings. The van der Waals surface area contributed by atoms with Gasteiger partial charge >= 0.3 is 0 Å². The number of rotatable bonds is 3. The molecule has 1 fully saturated rings. The van der Waals surface area contributed by atoms with Crippen molar-refractivity contribution in [1.29, 1.82) is 0 Å². The van der Waals surface area contributed by atoms with Gasteiger partial charge in [0.15, 0.2) is 0 Å². The molecule has 0 bridgehead atoms. The van der Waals surface area contributed by atoms with Crippen molar-refractivity contribution in [3.05, 3.63) is 0 Å². The topological polar surface area (TPSA) is 23.5 Å². The lowest BCUT2D eigenvalue weighted by molar-refractivity contribution is -0.00762. The first-order valence-electron chi connectivity index (χ1n) is 4.85. The van der Waals surface area contributed by atoms with Crippen LogP contribution in [0.3, 0.4) is 0 Å². The van der Waals surface area contributed by atoms with Crippen molar-refractivity contribution in [1.82, 2.24) is 4.90 Å². The summed E-state index contributed by atoms with van der Waals surface area (Å²) < 4.78 is 0. The summed E-state index contributed by atoms with van der Waals surface area (Å²) in [7, 11) is 0. The van der Waals surface area contributed by atoms with Crippen LogP contribution in [0.5, 0.6) is 0 Å². The van der Waals surface area contributed by atoms with Crippen LogP contribution in [0.25, 0.3) is 0 Å². The van der Waals surface area contributed by atoms with Gasteiger partial charge in [-0.25, -0.2) is 0 Å². The molecular weight excluding hydrogens is 150 g/mol. The van der Waals surface area contributed by atoms with Crippen molar-refractivity contribution in [3.8, 4) is 0 Å². The van der Waals surface area contributed by atoms with Gasteiger partial charge in [0.05, 0.1) is 5.60 Å². The van der Waals surface area contributed by atoms with Gasteiger partial charge in [0.2, 0.25) is 0 Å². The number of hydrogen-bond donors (Lipinski definition) is 1. The van der Waals surface area contributed by atoms with Gasteiger partial charge < -0.3 is 10.0 Å². The fraction of sp³-hybridized carbons (Fsp3) is 1.00. The van der Waals surface area contributed by atoms with Gasteiger partial charge in [0.1, 0.15) is 0 Å². The molecule has 72 valence electrons. The minimum Gasteiger partial charge on any atom is -0.390 e. The van der Waals surface area contributed by atoms with Gasteiger partial charge in [-0.2, -0.15) is 0 Å². The van der Waals surface area contributed by atoms with E-state index in [0.717, 1.165) is 6.42 Å². The Hall–Kier alpha value is -0.0800. The summed E-state index contributed by atoms with van der Waals surface area (Å²) in [5, 5.41) is 9.56. The van der Waals surface area contributed by atoms with Gasteiger partial charge in [-0.1, -0.05) is 0 Å². The van der Waals surface area contributed by atoms with Crippen LogP contribution in [-0.4, -0.2) is 34.7 Å². The Labute approximate surface area is 75.6 Å². The molecule has 0 aromatic rings. The summed E-state index contributed by atoms with van der Waals surface area (Å²) in [5.41, 5.74) is -0.478. The van der Waals surface area contributed by atoms with Crippen molar-refractivity contribution in [2.45, 2.75) is 45.8 Å². The van der Waals surface area contributed by atoms with E-state index in [1.165, 1.54) is 13.1 Å².